The summed E-state index contributed by atoms with van der Waals surface area (Å²) >= 11 is 13.5. The number of alkyl carbamates (subject to hydrolysis) is 3. The van der Waals surface area contributed by atoms with Gasteiger partial charge in [-0.2, -0.15) is 0 Å². The highest BCUT2D eigenvalue weighted by molar-refractivity contribution is 9.11. The molecule has 5 aromatic rings. The number of carboxylic acid groups (broad SMARTS) is 1. The van der Waals surface area contributed by atoms with Crippen LogP contribution in [-0.4, -0.2) is 129 Å². The number of carbonyl (C=O) groups excluding carboxylic acids is 6. The fraction of sp³-hybridized carbons (Fsp3) is 0.561. The number of aryl methyl sites for hydroxylation is 2. The van der Waals surface area contributed by atoms with Crippen molar-refractivity contribution in [2.75, 3.05) is 14.2 Å². The van der Waals surface area contributed by atoms with Crippen molar-refractivity contribution in [1.29, 1.82) is 0 Å². The number of phenols is 2. The first-order valence-corrected chi connectivity index (χ1v) is 40.4. The van der Waals surface area contributed by atoms with Gasteiger partial charge in [-0.15, -0.1) is 0 Å². The Kier molecular flexibility index (Phi) is 29.9. The van der Waals surface area contributed by atoms with E-state index in [9.17, 15) is 53.7 Å². The lowest BCUT2D eigenvalue weighted by molar-refractivity contribution is -0.122. The maximum atomic E-state index is 13.2. The molecule has 6 aliphatic rings. The van der Waals surface area contributed by atoms with Crippen molar-refractivity contribution in [3.8, 4) is 46.0 Å². The molecule has 622 valence electrons. The van der Waals surface area contributed by atoms with Crippen LogP contribution in [0.2, 0.25) is 0 Å². The number of carbonyl (C=O) groups is 7. The van der Waals surface area contributed by atoms with Gasteiger partial charge in [-0.05, 0) is 281 Å². The molecule has 11 rings (SSSR count). The zero-order chi connectivity index (χ0) is 83.4. The van der Waals surface area contributed by atoms with Crippen molar-refractivity contribution in [2.24, 2.45) is 17.8 Å². The number of nitrogens with one attached hydrogen (secondary N) is 5. The number of aromatic amines is 1. The summed E-state index contributed by atoms with van der Waals surface area (Å²) in [6.45, 7) is 33.1. The molecule has 3 unspecified atom stereocenters. The largest absolute Gasteiger partial charge is 0.504 e. The summed E-state index contributed by atoms with van der Waals surface area (Å²) in [6.07, 6.45) is 8.53. The summed E-state index contributed by atoms with van der Waals surface area (Å²) < 4.78 is 65.3. The second-order valence-corrected chi connectivity index (χ2v) is 35.9. The molecule has 3 saturated carbocycles. The Morgan fingerprint density at radius 3 is 1.09 bits per heavy atom. The summed E-state index contributed by atoms with van der Waals surface area (Å²) in [6, 6.07) is 8.43. The summed E-state index contributed by atoms with van der Waals surface area (Å²) in [4.78, 5) is 99.3. The number of benzene rings is 4. The van der Waals surface area contributed by atoms with Crippen LogP contribution in [0.15, 0.2) is 53.0 Å². The van der Waals surface area contributed by atoms with Crippen LogP contribution in [0.1, 0.15) is 248 Å². The molecule has 0 spiro atoms. The van der Waals surface area contributed by atoms with E-state index in [-0.39, 0.29) is 100 Å². The van der Waals surface area contributed by atoms with E-state index in [0.29, 0.717) is 81.3 Å². The van der Waals surface area contributed by atoms with Crippen LogP contribution in [0.4, 0.5) is 14.4 Å². The lowest BCUT2D eigenvalue weighted by Crippen LogP contribution is -2.48. The van der Waals surface area contributed by atoms with Crippen LogP contribution in [0.5, 0.6) is 46.0 Å². The molecule has 0 bridgehead atoms. The standard InChI is InChI=1S/C29H38BrN3O6.C22H30BrNO6.C21H28BrNO6.C9H9BrO4.CH4/c1-15-12-16(2)32-26(35)21(15)14-31-25(34)20-13-22(30)24-23(17(20)3)37-29(7,38-24)18-8-10-19(11-9-18)33-27(36)39-28(4,5)6;1-12-15(19(25)27-6)11-16(23)18-17(12)28-22(5,29-18)13-7-9-14(10-8-13)24-20(26)30-21(2,3)4;1-11-14(18(24)25)10-15(22)17-16(11)27-21(5,28-17)12-6-8-13(9-7-12)23-19(26)29-20(2,3)4;1-4-5(9(13)14-2)3-6(10)8(12)7(4)11;/h12-13,18-19H,8-11,14H2,1-7H3,(H,31,34)(H,32,35)(H,33,36);11,13-14H,7-10H2,1-6H3,(H,24,26);10,12-13H,6-9H2,1-5H3,(H,23,26)(H,24,25);3,11-12H,1-2H3;1H4. The quantitative estimate of drug-likeness (QED) is 0.0327. The van der Waals surface area contributed by atoms with Gasteiger partial charge in [0, 0.05) is 102 Å². The Hall–Kier alpha value is -8.16. The number of aromatic hydroxyl groups is 2. The fourth-order valence-electron chi connectivity index (χ4n) is 14.4. The molecule has 0 radical (unpaired) electrons. The zero-order valence-corrected chi connectivity index (χ0v) is 73.5. The number of amides is 4. The molecule has 31 heteroatoms. The molecule has 113 heavy (non-hydrogen) atoms. The highest BCUT2D eigenvalue weighted by Gasteiger charge is 2.51. The fourth-order valence-corrected chi connectivity index (χ4v) is 16.3. The minimum absolute atomic E-state index is 0. The number of methoxy groups -OCH3 is 2. The normalized spacial score (nSPS) is 22.4. The topological polar surface area (TPSA) is 363 Å². The number of aromatic nitrogens is 1. The number of phenolic OH excluding ortho intramolecular Hbond substituents is 2. The van der Waals surface area contributed by atoms with E-state index in [2.05, 4.69) is 94.7 Å². The zero-order valence-electron chi connectivity index (χ0n) is 67.2. The number of halogens is 4. The lowest BCUT2D eigenvalue weighted by Gasteiger charge is -2.37. The van der Waals surface area contributed by atoms with E-state index in [1.807, 2.05) is 117 Å². The van der Waals surface area contributed by atoms with Crippen molar-refractivity contribution in [2.45, 2.75) is 268 Å². The third kappa shape index (κ3) is 22.7. The Morgan fingerprint density at radius 2 is 0.761 bits per heavy atom. The summed E-state index contributed by atoms with van der Waals surface area (Å²) in [7, 11) is 2.60. The summed E-state index contributed by atoms with van der Waals surface area (Å²) in [5.41, 5.74) is 3.86. The van der Waals surface area contributed by atoms with Crippen molar-refractivity contribution >= 4 is 106 Å². The molecule has 27 nitrogen and oxygen atoms in total. The Morgan fingerprint density at radius 1 is 0.460 bits per heavy atom. The molecular weight excluding hydrogens is 1730 g/mol. The average molecular weight is 1840 g/mol. The smallest absolute Gasteiger partial charge is 0.407 e. The SMILES string of the molecule is C.COC(=O)c1cc(Br)c(O)c(O)c1C.COC(=O)c1cc(Br)c2c(c1C)OC(C)(C1CCC(NC(=O)OC(C)(C)C)CC1)O2.Cc1c(C(=O)O)cc(Br)c2c1OC(C)(C1CCC(NC(=O)OC(C)(C)C)CC1)O2.Cc1cc(C)c(CNC(=O)c2cc(Br)c3c(c2C)OC(C)(C2CCC(NC(=O)OC(C)(C)C)CC2)O3)c(=O)[nH]1. The molecule has 4 heterocycles. The number of fused-ring (bicyclic) bond motifs is 3. The Balaban J connectivity index is 0.000000218. The number of carboxylic acids is 1. The number of esters is 2. The number of H-pyrrole nitrogens is 1. The van der Waals surface area contributed by atoms with Crippen molar-refractivity contribution in [1.82, 2.24) is 26.3 Å². The molecule has 3 fully saturated rings. The van der Waals surface area contributed by atoms with Gasteiger partial charge in [-0.1, -0.05) is 7.43 Å². The predicted molar refractivity (Wildman–Crippen MR) is 437 cm³/mol. The number of aromatic carboxylic acids is 1. The molecule has 4 aromatic carbocycles. The first-order chi connectivity index (χ1) is 52.0. The van der Waals surface area contributed by atoms with Crippen LogP contribution in [0.25, 0.3) is 0 Å². The van der Waals surface area contributed by atoms with Gasteiger partial charge < -0.3 is 93.7 Å². The Bertz CT molecular complexity index is 4470. The number of hydrogen-bond donors (Lipinski definition) is 8. The van der Waals surface area contributed by atoms with Gasteiger partial charge in [0.15, 0.2) is 46.0 Å². The van der Waals surface area contributed by atoms with Gasteiger partial charge in [0.1, 0.15) is 16.8 Å². The second-order valence-electron chi connectivity index (χ2n) is 32.5. The molecular formula is C82H109Br4N5O22. The monoisotopic (exact) mass is 1830 g/mol. The van der Waals surface area contributed by atoms with Crippen LogP contribution in [0, 0.1) is 59.3 Å². The minimum Gasteiger partial charge on any atom is -0.504 e. The maximum absolute atomic E-state index is 13.2. The van der Waals surface area contributed by atoms with Crippen LogP contribution >= 0.6 is 63.7 Å². The third-order valence-electron chi connectivity index (χ3n) is 20.4. The van der Waals surface area contributed by atoms with E-state index in [4.69, 9.17) is 47.4 Å². The Labute approximate surface area is 694 Å². The van der Waals surface area contributed by atoms with Crippen molar-refractivity contribution in [3.05, 3.63) is 120 Å². The van der Waals surface area contributed by atoms with E-state index in [1.165, 1.54) is 27.2 Å². The maximum Gasteiger partial charge on any atom is 0.407 e. The van der Waals surface area contributed by atoms with Gasteiger partial charge >= 0.3 is 36.2 Å². The first kappa shape index (κ1) is 92.0. The molecule has 4 amide bonds. The van der Waals surface area contributed by atoms with Crippen molar-refractivity contribution < 1.29 is 101 Å². The minimum atomic E-state index is -1.00. The van der Waals surface area contributed by atoms with Gasteiger partial charge in [0.25, 0.3) is 28.8 Å². The molecule has 3 aliphatic carbocycles. The second kappa shape index (κ2) is 36.8. The van der Waals surface area contributed by atoms with Gasteiger partial charge in [-0.25, -0.2) is 28.8 Å². The molecule has 1 aromatic heterocycles. The number of rotatable bonds is 12. The highest BCUT2D eigenvalue weighted by Crippen LogP contribution is 2.55. The first-order valence-electron chi connectivity index (χ1n) is 37.2. The van der Waals surface area contributed by atoms with Gasteiger partial charge in [0.05, 0.1) is 48.8 Å². The van der Waals surface area contributed by atoms with E-state index < -0.39 is 64.3 Å². The molecule has 0 saturated heterocycles. The number of ether oxygens (including phenoxy) is 11. The van der Waals surface area contributed by atoms with E-state index >= 15 is 0 Å². The third-order valence-corrected chi connectivity index (χ3v) is 22.8. The van der Waals surface area contributed by atoms with Gasteiger partial charge in [-0.3, -0.25) is 9.59 Å². The van der Waals surface area contributed by atoms with Crippen LogP contribution in [0.3, 0.4) is 0 Å². The average Bonchev–Trinajstić information content (AvgIpc) is 1.59. The lowest BCUT2D eigenvalue weighted by atomic mass is 9.81. The summed E-state index contributed by atoms with van der Waals surface area (Å²) in [5, 5.41) is 39.9. The molecule has 3 atom stereocenters. The highest BCUT2D eigenvalue weighted by atomic mass is 79.9. The predicted octanol–water partition coefficient (Wildman–Crippen LogP) is 18.3. The molecule has 8 N–H and O–H groups in total. The summed E-state index contributed by atoms with van der Waals surface area (Å²) in [5.74, 6) is -1.80. The van der Waals surface area contributed by atoms with E-state index in [1.54, 1.807) is 25.1 Å². The van der Waals surface area contributed by atoms with Crippen LogP contribution in [-0.2, 0) is 30.2 Å². The van der Waals surface area contributed by atoms with E-state index in [0.717, 1.165) is 88.3 Å². The number of hydrogen-bond acceptors (Lipinski definition) is 21. The van der Waals surface area contributed by atoms with Crippen LogP contribution < -0.4 is 55.2 Å². The number of pyridine rings is 1. The molecule has 3 aliphatic heterocycles. The van der Waals surface area contributed by atoms with Gasteiger partial charge in [0.2, 0.25) is 0 Å². The van der Waals surface area contributed by atoms with Crippen molar-refractivity contribution in [3.63, 3.8) is 0 Å².